The minimum atomic E-state index is -0.743. The molecule has 0 aliphatic rings. The standard InChI is InChI=1S/C20H14Cl2FN3O3S/c1-8(15-12(21)2-3-13(23)16(15)22)29-18-17-10(5-26-19(18)24)11(6-28-17)14-4-9(7-30-14)20(25)27/h2-8H,1H3,(H2,24,26)(H2,25,27). The molecular weight excluding hydrogens is 452 g/mol. The molecule has 1 unspecified atom stereocenters. The van der Waals surface area contributed by atoms with E-state index in [0.717, 1.165) is 4.88 Å². The minimum absolute atomic E-state index is 0.0860. The SMILES string of the molecule is CC(Oc1c(N)ncc2c(-c3cc(C(N)=O)cs3)coc12)c1c(Cl)ccc(F)c1Cl. The van der Waals surface area contributed by atoms with Crippen LogP contribution in [0.5, 0.6) is 5.75 Å². The van der Waals surface area contributed by atoms with Gasteiger partial charge in [0.05, 0.1) is 16.0 Å². The molecular formula is C20H14Cl2FN3O3S. The molecule has 4 rings (SSSR count). The van der Waals surface area contributed by atoms with Gasteiger partial charge in [0.1, 0.15) is 18.2 Å². The third kappa shape index (κ3) is 3.47. The number of amides is 1. The number of hydrogen-bond acceptors (Lipinski definition) is 6. The van der Waals surface area contributed by atoms with Crippen molar-refractivity contribution >= 4 is 57.2 Å². The van der Waals surface area contributed by atoms with Gasteiger partial charge in [-0.15, -0.1) is 11.3 Å². The molecule has 1 atom stereocenters. The maximum Gasteiger partial charge on any atom is 0.249 e. The largest absolute Gasteiger partial charge is 0.478 e. The first-order chi connectivity index (χ1) is 14.3. The summed E-state index contributed by atoms with van der Waals surface area (Å²) in [5, 5.41) is 2.41. The molecule has 0 saturated carbocycles. The lowest BCUT2D eigenvalue weighted by Crippen LogP contribution is -2.09. The summed E-state index contributed by atoms with van der Waals surface area (Å²) < 4.78 is 25.6. The van der Waals surface area contributed by atoms with E-state index in [2.05, 4.69) is 4.98 Å². The summed E-state index contributed by atoms with van der Waals surface area (Å²) in [5.74, 6) is -0.870. The Bertz CT molecular complexity index is 1290. The summed E-state index contributed by atoms with van der Waals surface area (Å²) in [6, 6.07) is 4.25. The molecule has 0 radical (unpaired) electrons. The molecule has 0 spiro atoms. The van der Waals surface area contributed by atoms with E-state index in [1.807, 2.05) is 0 Å². The molecule has 0 bridgehead atoms. The molecule has 0 fully saturated rings. The lowest BCUT2D eigenvalue weighted by atomic mass is 10.1. The average Bonchev–Trinajstić information content (AvgIpc) is 3.34. The number of thiophene rings is 1. The van der Waals surface area contributed by atoms with Crippen molar-refractivity contribution in [3.63, 3.8) is 0 Å². The molecule has 4 N–H and O–H groups in total. The first-order valence-corrected chi connectivity index (χ1v) is 10.3. The number of primary amides is 1. The highest BCUT2D eigenvalue weighted by Crippen LogP contribution is 2.42. The maximum absolute atomic E-state index is 13.9. The second-order valence-corrected chi connectivity index (χ2v) is 8.14. The Balaban J connectivity index is 1.77. The van der Waals surface area contributed by atoms with Crippen LogP contribution in [0.25, 0.3) is 21.4 Å². The van der Waals surface area contributed by atoms with Crippen molar-refractivity contribution in [2.45, 2.75) is 13.0 Å². The van der Waals surface area contributed by atoms with Crippen LogP contribution in [-0.4, -0.2) is 10.9 Å². The molecule has 1 aromatic carbocycles. The Labute approximate surface area is 184 Å². The van der Waals surface area contributed by atoms with Crippen LogP contribution in [0.15, 0.2) is 40.5 Å². The zero-order valence-corrected chi connectivity index (χ0v) is 17.7. The fraction of sp³-hybridized carbons (Fsp3) is 0.100. The summed E-state index contributed by atoms with van der Waals surface area (Å²) in [4.78, 5) is 16.3. The zero-order chi connectivity index (χ0) is 21.6. The third-order valence-electron chi connectivity index (χ3n) is 4.53. The molecule has 0 saturated heterocycles. The van der Waals surface area contributed by atoms with Gasteiger partial charge in [-0.2, -0.15) is 0 Å². The number of nitrogens with zero attached hydrogens (tertiary/aromatic N) is 1. The minimum Gasteiger partial charge on any atom is -0.478 e. The van der Waals surface area contributed by atoms with Gasteiger partial charge in [0.25, 0.3) is 0 Å². The predicted molar refractivity (Wildman–Crippen MR) is 116 cm³/mol. The number of nitrogen functional groups attached to an aromatic ring is 1. The monoisotopic (exact) mass is 465 g/mol. The number of benzene rings is 1. The van der Waals surface area contributed by atoms with Gasteiger partial charge < -0.3 is 20.6 Å². The van der Waals surface area contributed by atoms with Crippen molar-refractivity contribution in [2.24, 2.45) is 5.73 Å². The highest BCUT2D eigenvalue weighted by molar-refractivity contribution is 7.14. The lowest BCUT2D eigenvalue weighted by Gasteiger charge is -2.18. The van der Waals surface area contributed by atoms with Crippen molar-refractivity contribution in [2.75, 3.05) is 5.73 Å². The normalized spacial score (nSPS) is 12.3. The Hall–Kier alpha value is -2.81. The molecule has 3 aromatic heterocycles. The van der Waals surface area contributed by atoms with E-state index in [0.29, 0.717) is 22.1 Å². The van der Waals surface area contributed by atoms with E-state index in [4.69, 9.17) is 43.8 Å². The molecule has 0 aliphatic carbocycles. The van der Waals surface area contributed by atoms with Crippen LogP contribution in [0.1, 0.15) is 28.9 Å². The molecule has 3 heterocycles. The van der Waals surface area contributed by atoms with Crippen molar-refractivity contribution in [3.8, 4) is 16.2 Å². The number of fused-ring (bicyclic) bond motifs is 1. The number of aromatic nitrogens is 1. The van der Waals surface area contributed by atoms with E-state index in [1.165, 1.54) is 29.7 Å². The summed E-state index contributed by atoms with van der Waals surface area (Å²) in [7, 11) is 0. The van der Waals surface area contributed by atoms with Crippen LogP contribution in [0.3, 0.4) is 0 Å². The van der Waals surface area contributed by atoms with E-state index in [-0.39, 0.29) is 27.2 Å². The number of halogens is 3. The Kier molecular flexibility index (Phi) is 5.31. The van der Waals surface area contributed by atoms with Gasteiger partial charge in [0.15, 0.2) is 11.4 Å². The summed E-state index contributed by atoms with van der Waals surface area (Å²) in [6.07, 6.45) is 2.32. The van der Waals surface area contributed by atoms with Gasteiger partial charge in [-0.1, -0.05) is 23.2 Å². The molecule has 0 aliphatic heterocycles. The highest BCUT2D eigenvalue weighted by Gasteiger charge is 2.23. The van der Waals surface area contributed by atoms with Gasteiger partial charge in [-0.3, -0.25) is 4.79 Å². The summed E-state index contributed by atoms with van der Waals surface area (Å²) >= 11 is 13.6. The lowest BCUT2D eigenvalue weighted by molar-refractivity contribution is 0.100. The van der Waals surface area contributed by atoms with Crippen molar-refractivity contribution < 1.29 is 18.3 Å². The Morgan fingerprint density at radius 1 is 1.37 bits per heavy atom. The number of ether oxygens (including phenoxy) is 1. The number of rotatable bonds is 5. The highest BCUT2D eigenvalue weighted by atomic mass is 35.5. The van der Waals surface area contributed by atoms with Gasteiger partial charge >= 0.3 is 0 Å². The summed E-state index contributed by atoms with van der Waals surface area (Å²) in [5.41, 5.74) is 13.1. The predicted octanol–water partition coefficient (Wildman–Crippen LogP) is 5.82. The smallest absolute Gasteiger partial charge is 0.249 e. The molecule has 154 valence electrons. The number of furan rings is 1. The van der Waals surface area contributed by atoms with Crippen molar-refractivity contribution in [1.29, 1.82) is 0 Å². The van der Waals surface area contributed by atoms with Gasteiger partial charge in [0, 0.05) is 32.6 Å². The maximum atomic E-state index is 13.9. The Morgan fingerprint density at radius 2 is 2.13 bits per heavy atom. The first-order valence-electron chi connectivity index (χ1n) is 8.62. The number of pyridine rings is 1. The van der Waals surface area contributed by atoms with E-state index in [1.54, 1.807) is 24.6 Å². The van der Waals surface area contributed by atoms with Crippen LogP contribution in [0.4, 0.5) is 10.2 Å². The number of nitrogens with two attached hydrogens (primary N) is 2. The second kappa shape index (κ2) is 7.79. The number of anilines is 1. The van der Waals surface area contributed by atoms with Crippen LogP contribution >= 0.6 is 34.5 Å². The number of hydrogen-bond donors (Lipinski definition) is 2. The second-order valence-electron chi connectivity index (χ2n) is 6.45. The molecule has 4 aromatic rings. The average molecular weight is 466 g/mol. The molecule has 1 amide bonds. The number of carbonyl (C=O) groups excluding carboxylic acids is 1. The molecule has 6 nitrogen and oxygen atoms in total. The van der Waals surface area contributed by atoms with Crippen LogP contribution < -0.4 is 16.2 Å². The van der Waals surface area contributed by atoms with Gasteiger partial charge in [0.2, 0.25) is 11.7 Å². The first kappa shape index (κ1) is 20.5. The molecule has 10 heteroatoms. The fourth-order valence-corrected chi connectivity index (χ4v) is 4.64. The zero-order valence-electron chi connectivity index (χ0n) is 15.4. The Morgan fingerprint density at radius 3 is 2.83 bits per heavy atom. The van der Waals surface area contributed by atoms with Crippen molar-refractivity contribution in [3.05, 3.63) is 63.0 Å². The molecule has 30 heavy (non-hydrogen) atoms. The van der Waals surface area contributed by atoms with E-state index < -0.39 is 17.8 Å². The topological polar surface area (TPSA) is 104 Å². The summed E-state index contributed by atoms with van der Waals surface area (Å²) in [6.45, 7) is 1.66. The quantitative estimate of drug-likeness (QED) is 0.361. The number of carbonyl (C=O) groups is 1. The third-order valence-corrected chi connectivity index (χ3v) is 6.21. The van der Waals surface area contributed by atoms with Crippen LogP contribution in [0.2, 0.25) is 10.0 Å². The fourth-order valence-electron chi connectivity index (χ4n) is 3.04. The van der Waals surface area contributed by atoms with E-state index >= 15 is 0 Å². The van der Waals surface area contributed by atoms with Crippen molar-refractivity contribution in [1.82, 2.24) is 4.98 Å². The van der Waals surface area contributed by atoms with Gasteiger partial charge in [-0.05, 0) is 25.1 Å². The van der Waals surface area contributed by atoms with Gasteiger partial charge in [-0.25, -0.2) is 9.37 Å². The van der Waals surface area contributed by atoms with E-state index in [9.17, 15) is 9.18 Å². The van der Waals surface area contributed by atoms with Crippen LogP contribution in [0, 0.1) is 5.82 Å². The van der Waals surface area contributed by atoms with Crippen LogP contribution in [-0.2, 0) is 0 Å².